The standard InChI is InChI=1S/C8H12N2O2S/c1-3-12-10(2)8(11)9-7-5-4-6-13-7/h4-6H,3H2,1-2H3,(H,9,11). The van der Waals surface area contributed by atoms with Crippen LogP contribution in [-0.2, 0) is 4.84 Å². The number of nitrogens with one attached hydrogen (secondary N) is 1. The van der Waals surface area contributed by atoms with Crippen molar-refractivity contribution in [1.82, 2.24) is 5.06 Å². The quantitative estimate of drug-likeness (QED) is 0.760. The number of amides is 2. The molecule has 0 unspecified atom stereocenters. The molecular formula is C8H12N2O2S. The van der Waals surface area contributed by atoms with Crippen molar-refractivity contribution in [3.8, 4) is 0 Å². The second-order valence-corrected chi connectivity index (χ2v) is 3.27. The average Bonchev–Trinajstić information content (AvgIpc) is 2.57. The molecule has 0 spiro atoms. The third-order valence-corrected chi connectivity index (χ3v) is 2.15. The Labute approximate surface area is 81.1 Å². The lowest BCUT2D eigenvalue weighted by Gasteiger charge is -2.15. The fourth-order valence-corrected chi connectivity index (χ4v) is 1.39. The van der Waals surface area contributed by atoms with E-state index in [0.29, 0.717) is 6.61 Å². The van der Waals surface area contributed by atoms with E-state index in [9.17, 15) is 4.79 Å². The second kappa shape index (κ2) is 4.84. The van der Waals surface area contributed by atoms with Gasteiger partial charge in [-0.1, -0.05) is 0 Å². The van der Waals surface area contributed by atoms with Gasteiger partial charge in [0.05, 0.1) is 11.6 Å². The van der Waals surface area contributed by atoms with Crippen LogP contribution in [0.25, 0.3) is 0 Å². The van der Waals surface area contributed by atoms with Crippen LogP contribution in [-0.4, -0.2) is 24.7 Å². The van der Waals surface area contributed by atoms with E-state index >= 15 is 0 Å². The Kier molecular flexibility index (Phi) is 3.72. The largest absolute Gasteiger partial charge is 0.346 e. The van der Waals surface area contributed by atoms with Crippen molar-refractivity contribution in [2.45, 2.75) is 6.92 Å². The zero-order chi connectivity index (χ0) is 9.68. The first-order valence-corrected chi connectivity index (χ1v) is 4.83. The summed E-state index contributed by atoms with van der Waals surface area (Å²) in [5.74, 6) is 0. The van der Waals surface area contributed by atoms with Gasteiger partial charge in [-0.15, -0.1) is 11.3 Å². The summed E-state index contributed by atoms with van der Waals surface area (Å²) in [4.78, 5) is 16.3. The molecule has 0 fully saturated rings. The maximum atomic E-state index is 11.3. The molecule has 1 rings (SSSR count). The summed E-state index contributed by atoms with van der Waals surface area (Å²) in [6, 6.07) is 3.45. The van der Waals surface area contributed by atoms with E-state index in [-0.39, 0.29) is 6.03 Å². The van der Waals surface area contributed by atoms with E-state index in [1.54, 1.807) is 7.05 Å². The minimum absolute atomic E-state index is 0.260. The SMILES string of the molecule is CCON(C)C(=O)Nc1cccs1. The number of nitrogens with zero attached hydrogens (tertiary/aromatic N) is 1. The molecule has 2 amide bonds. The maximum Gasteiger partial charge on any atom is 0.346 e. The molecule has 0 saturated heterocycles. The number of carbonyl (C=O) groups excluding carboxylic acids is 1. The van der Waals surface area contributed by atoms with Crippen molar-refractivity contribution < 1.29 is 9.63 Å². The van der Waals surface area contributed by atoms with Gasteiger partial charge in [0.1, 0.15) is 0 Å². The molecule has 0 bridgehead atoms. The molecule has 1 N–H and O–H groups in total. The van der Waals surface area contributed by atoms with Gasteiger partial charge in [-0.2, -0.15) is 0 Å². The molecule has 1 aromatic rings. The summed E-state index contributed by atoms with van der Waals surface area (Å²) < 4.78 is 0. The molecule has 0 saturated carbocycles. The molecule has 5 heteroatoms. The van der Waals surface area contributed by atoms with Gasteiger partial charge in [-0.25, -0.2) is 9.86 Å². The summed E-state index contributed by atoms with van der Waals surface area (Å²) in [7, 11) is 1.58. The van der Waals surface area contributed by atoms with Crippen molar-refractivity contribution in [2.75, 3.05) is 19.0 Å². The Morgan fingerprint density at radius 3 is 3.08 bits per heavy atom. The average molecular weight is 200 g/mol. The van der Waals surface area contributed by atoms with Crippen molar-refractivity contribution in [1.29, 1.82) is 0 Å². The molecule has 0 atom stereocenters. The minimum atomic E-state index is -0.260. The van der Waals surface area contributed by atoms with Gasteiger partial charge in [0.25, 0.3) is 0 Å². The van der Waals surface area contributed by atoms with E-state index in [2.05, 4.69) is 5.32 Å². The Bertz CT molecular complexity index is 261. The van der Waals surface area contributed by atoms with Crippen LogP contribution in [0.5, 0.6) is 0 Å². The highest BCUT2D eigenvalue weighted by atomic mass is 32.1. The number of urea groups is 1. The Morgan fingerprint density at radius 1 is 1.77 bits per heavy atom. The smallest absolute Gasteiger partial charge is 0.297 e. The minimum Gasteiger partial charge on any atom is -0.297 e. The molecule has 13 heavy (non-hydrogen) atoms. The fraction of sp³-hybridized carbons (Fsp3) is 0.375. The highest BCUT2D eigenvalue weighted by molar-refractivity contribution is 7.14. The summed E-state index contributed by atoms with van der Waals surface area (Å²) in [6.45, 7) is 2.31. The normalized spacial score (nSPS) is 9.69. The van der Waals surface area contributed by atoms with Crippen LogP contribution < -0.4 is 5.32 Å². The van der Waals surface area contributed by atoms with Crippen LogP contribution in [0.1, 0.15) is 6.92 Å². The number of rotatable bonds is 3. The molecule has 0 aliphatic carbocycles. The molecule has 0 aliphatic rings. The van der Waals surface area contributed by atoms with Gasteiger partial charge in [0, 0.05) is 7.05 Å². The van der Waals surface area contributed by atoms with Crippen LogP contribution in [0.15, 0.2) is 17.5 Å². The predicted octanol–water partition coefficient (Wildman–Crippen LogP) is 2.16. The number of hydroxylamine groups is 2. The number of carbonyl (C=O) groups is 1. The summed E-state index contributed by atoms with van der Waals surface area (Å²) in [6.07, 6.45) is 0. The number of hydrogen-bond acceptors (Lipinski definition) is 3. The Balaban J connectivity index is 2.41. The zero-order valence-electron chi connectivity index (χ0n) is 7.61. The first-order valence-electron chi connectivity index (χ1n) is 3.95. The molecule has 0 aromatic carbocycles. The highest BCUT2D eigenvalue weighted by Crippen LogP contribution is 2.15. The summed E-state index contributed by atoms with van der Waals surface area (Å²) in [5, 5.41) is 6.58. The van der Waals surface area contributed by atoms with Gasteiger partial charge in [-0.05, 0) is 24.4 Å². The lowest BCUT2D eigenvalue weighted by molar-refractivity contribution is -0.0878. The van der Waals surface area contributed by atoms with Crippen molar-refractivity contribution >= 4 is 22.4 Å². The first-order chi connectivity index (χ1) is 6.24. The topological polar surface area (TPSA) is 41.6 Å². The molecule has 72 valence electrons. The van der Waals surface area contributed by atoms with Gasteiger partial charge in [-0.3, -0.25) is 10.2 Å². The molecule has 1 heterocycles. The van der Waals surface area contributed by atoms with Crippen molar-refractivity contribution in [2.24, 2.45) is 0 Å². The second-order valence-electron chi connectivity index (χ2n) is 2.32. The lowest BCUT2D eigenvalue weighted by atomic mass is 10.6. The zero-order valence-corrected chi connectivity index (χ0v) is 8.43. The van der Waals surface area contributed by atoms with Gasteiger partial charge >= 0.3 is 6.03 Å². The van der Waals surface area contributed by atoms with Gasteiger partial charge < -0.3 is 0 Å². The predicted molar refractivity (Wildman–Crippen MR) is 52.7 cm³/mol. The molecule has 4 nitrogen and oxygen atoms in total. The van der Waals surface area contributed by atoms with Crippen LogP contribution in [0.2, 0.25) is 0 Å². The van der Waals surface area contributed by atoms with Gasteiger partial charge in [0.2, 0.25) is 0 Å². The van der Waals surface area contributed by atoms with Crippen LogP contribution in [0.4, 0.5) is 9.80 Å². The first kappa shape index (κ1) is 10.0. The Morgan fingerprint density at radius 2 is 2.54 bits per heavy atom. The molecular weight excluding hydrogens is 188 g/mol. The third kappa shape index (κ3) is 3.04. The number of hydrogen-bond donors (Lipinski definition) is 1. The molecule has 0 aliphatic heterocycles. The van der Waals surface area contributed by atoms with Crippen molar-refractivity contribution in [3.05, 3.63) is 17.5 Å². The number of anilines is 1. The summed E-state index contributed by atoms with van der Waals surface area (Å²) >= 11 is 1.47. The Hall–Kier alpha value is -1.07. The van der Waals surface area contributed by atoms with E-state index in [1.165, 1.54) is 16.4 Å². The molecule has 1 aromatic heterocycles. The maximum absolute atomic E-state index is 11.3. The fourth-order valence-electron chi connectivity index (χ4n) is 0.786. The monoisotopic (exact) mass is 200 g/mol. The lowest BCUT2D eigenvalue weighted by Crippen LogP contribution is -2.31. The van der Waals surface area contributed by atoms with Crippen LogP contribution >= 0.6 is 11.3 Å². The van der Waals surface area contributed by atoms with Crippen molar-refractivity contribution in [3.63, 3.8) is 0 Å². The van der Waals surface area contributed by atoms with E-state index in [4.69, 9.17) is 4.84 Å². The molecule has 0 radical (unpaired) electrons. The van der Waals surface area contributed by atoms with Crippen LogP contribution in [0, 0.1) is 0 Å². The van der Waals surface area contributed by atoms with E-state index < -0.39 is 0 Å². The van der Waals surface area contributed by atoms with Gasteiger partial charge in [0.15, 0.2) is 0 Å². The van der Waals surface area contributed by atoms with E-state index in [1.807, 2.05) is 24.4 Å². The number of thiophene rings is 1. The highest BCUT2D eigenvalue weighted by Gasteiger charge is 2.08. The summed E-state index contributed by atoms with van der Waals surface area (Å²) in [5.41, 5.74) is 0. The van der Waals surface area contributed by atoms with E-state index in [0.717, 1.165) is 5.00 Å². The van der Waals surface area contributed by atoms with Crippen LogP contribution in [0.3, 0.4) is 0 Å². The third-order valence-electron chi connectivity index (χ3n) is 1.36.